The molecule has 0 aliphatic rings. The monoisotopic (exact) mass is 190 g/mol. The van der Waals surface area contributed by atoms with Crippen molar-refractivity contribution in [3.05, 3.63) is 0 Å². The summed E-state index contributed by atoms with van der Waals surface area (Å²) in [6.07, 6.45) is 1.33. The molecule has 0 aliphatic carbocycles. The molecule has 0 aliphatic heterocycles. The van der Waals surface area contributed by atoms with Crippen molar-refractivity contribution in [2.24, 2.45) is 0 Å². The Kier molecular flexibility index (Phi) is 11.6. The van der Waals surface area contributed by atoms with Crippen molar-refractivity contribution in [1.29, 1.82) is 0 Å². The van der Waals surface area contributed by atoms with Crippen LogP contribution in [0.2, 0.25) is 0 Å². The van der Waals surface area contributed by atoms with Crippen LogP contribution >= 0.6 is 16.3 Å². The van der Waals surface area contributed by atoms with Crippen LogP contribution in [0.25, 0.3) is 0 Å². The Morgan fingerprint density at radius 2 is 2.25 bits per heavy atom. The van der Waals surface area contributed by atoms with Gasteiger partial charge in [-0.1, -0.05) is 6.92 Å². The summed E-state index contributed by atoms with van der Waals surface area (Å²) in [6, 6.07) is 0. The minimum absolute atomic E-state index is 0. The Morgan fingerprint density at radius 3 is 2.38 bits per heavy atom. The normalized spacial score (nSPS) is 7.25. The fourth-order valence-corrected chi connectivity index (χ4v) is 0.405. The van der Waals surface area contributed by atoms with Gasteiger partial charge in [-0.15, -0.1) is 0 Å². The summed E-state index contributed by atoms with van der Waals surface area (Å²) in [6.45, 7) is 1.92. The first kappa shape index (κ1) is 11.7. The fraction of sp³-hybridized carbons (Fsp3) is 0.750. The first-order valence-electron chi connectivity index (χ1n) is 2.12. The van der Waals surface area contributed by atoms with E-state index in [1.807, 2.05) is 6.92 Å². The number of hydrogen-bond donors (Lipinski definition) is 0. The Hall–Kier alpha value is 0.950. The Labute approximate surface area is 79.7 Å². The zero-order valence-electron chi connectivity index (χ0n) is 4.11. The number of rotatable bonds is 2. The van der Waals surface area contributed by atoms with Gasteiger partial charge in [-0.05, 0) is 6.42 Å². The van der Waals surface area contributed by atoms with Crippen LogP contribution in [-0.4, -0.2) is 35.5 Å². The van der Waals surface area contributed by atoms with Crippen LogP contribution in [0.15, 0.2) is 0 Å². The van der Waals surface area contributed by atoms with Gasteiger partial charge in [-0.2, -0.15) is 0 Å². The minimum atomic E-state index is -0.206. The molecule has 0 bridgehead atoms. The molecule has 0 atom stereocenters. The summed E-state index contributed by atoms with van der Waals surface area (Å²) < 4.78 is 4.16. The van der Waals surface area contributed by atoms with Gasteiger partial charge in [0.2, 0.25) is 0 Å². The Balaban J connectivity index is 0. The molecular weight excluding hydrogens is 183 g/mol. The van der Waals surface area contributed by atoms with E-state index < -0.39 is 0 Å². The average molecular weight is 191 g/mol. The number of hydrogen-bond acceptors (Lipinski definition) is 2. The van der Waals surface area contributed by atoms with Crippen molar-refractivity contribution >= 4 is 51.8 Å². The van der Waals surface area contributed by atoms with Crippen molar-refractivity contribution in [2.45, 2.75) is 19.8 Å². The van der Waals surface area contributed by atoms with Crippen LogP contribution < -0.4 is 0 Å². The molecule has 0 spiro atoms. The van der Waals surface area contributed by atoms with Gasteiger partial charge in [0.1, 0.15) is 0 Å². The summed E-state index contributed by atoms with van der Waals surface area (Å²) >= 11 is 2.57. The second-order valence-corrected chi connectivity index (χ2v) is 1.52. The SMILES string of the molecule is CCCC(=O)OBr.[NaH]. The van der Waals surface area contributed by atoms with Gasteiger partial charge in [0.15, 0.2) is 16.3 Å². The molecular formula is C4H8BrNaO2. The van der Waals surface area contributed by atoms with Gasteiger partial charge in [0.25, 0.3) is 0 Å². The van der Waals surface area contributed by atoms with E-state index in [2.05, 4.69) is 20.1 Å². The van der Waals surface area contributed by atoms with Gasteiger partial charge in [0.05, 0.1) is 0 Å². The molecule has 0 aromatic carbocycles. The molecule has 0 heterocycles. The van der Waals surface area contributed by atoms with Crippen molar-refractivity contribution in [2.75, 3.05) is 0 Å². The van der Waals surface area contributed by atoms with E-state index in [1.54, 1.807) is 0 Å². The van der Waals surface area contributed by atoms with Gasteiger partial charge in [-0.3, -0.25) is 4.79 Å². The third-order valence-corrected chi connectivity index (χ3v) is 0.901. The second-order valence-electron chi connectivity index (χ2n) is 1.20. The quantitative estimate of drug-likeness (QED) is 0.608. The first-order valence-corrected chi connectivity index (χ1v) is 2.77. The molecule has 0 rings (SSSR count). The maximum atomic E-state index is 10.1. The number of carbonyl (C=O) groups is 1. The standard InChI is InChI=1S/C4H7BrO2.Na.H/c1-2-3-4(6)7-5;;/h2-3H2,1H3;;. The van der Waals surface area contributed by atoms with E-state index in [-0.39, 0.29) is 35.5 Å². The summed E-state index contributed by atoms with van der Waals surface area (Å²) in [4.78, 5) is 10.1. The van der Waals surface area contributed by atoms with Gasteiger partial charge in [0, 0.05) is 6.42 Å². The molecule has 0 unspecified atom stereocenters. The number of halogens is 1. The zero-order valence-corrected chi connectivity index (χ0v) is 5.69. The summed E-state index contributed by atoms with van der Waals surface area (Å²) in [5.74, 6) is -0.206. The van der Waals surface area contributed by atoms with Gasteiger partial charge >= 0.3 is 35.5 Å². The van der Waals surface area contributed by atoms with Gasteiger partial charge < -0.3 is 3.83 Å². The van der Waals surface area contributed by atoms with E-state index in [4.69, 9.17) is 0 Å². The third kappa shape index (κ3) is 6.95. The topological polar surface area (TPSA) is 26.3 Å². The summed E-state index contributed by atoms with van der Waals surface area (Å²) in [7, 11) is 0. The van der Waals surface area contributed by atoms with E-state index in [0.717, 1.165) is 6.42 Å². The molecule has 0 saturated heterocycles. The number of carbonyl (C=O) groups excluding carboxylic acids is 1. The molecule has 44 valence electrons. The molecule has 0 radical (unpaired) electrons. The van der Waals surface area contributed by atoms with Crippen LogP contribution in [-0.2, 0) is 8.62 Å². The molecule has 4 heteroatoms. The van der Waals surface area contributed by atoms with Crippen molar-refractivity contribution in [1.82, 2.24) is 0 Å². The first-order chi connectivity index (χ1) is 3.31. The van der Waals surface area contributed by atoms with Crippen molar-refractivity contribution in [3.8, 4) is 0 Å². The molecule has 0 saturated carbocycles. The fourth-order valence-electron chi connectivity index (χ4n) is 0.243. The molecule has 2 nitrogen and oxygen atoms in total. The van der Waals surface area contributed by atoms with E-state index >= 15 is 0 Å². The predicted molar refractivity (Wildman–Crippen MR) is 37.1 cm³/mol. The van der Waals surface area contributed by atoms with Crippen LogP contribution in [0.4, 0.5) is 0 Å². The van der Waals surface area contributed by atoms with Crippen LogP contribution in [0, 0.1) is 0 Å². The van der Waals surface area contributed by atoms with Crippen LogP contribution in [0.5, 0.6) is 0 Å². The molecule has 0 fully saturated rings. The molecule has 0 aromatic rings. The molecule has 8 heavy (non-hydrogen) atoms. The van der Waals surface area contributed by atoms with E-state index in [9.17, 15) is 4.79 Å². The average Bonchev–Trinajstić information content (AvgIpc) is 1.68. The molecule has 0 N–H and O–H groups in total. The predicted octanol–water partition coefficient (Wildman–Crippen LogP) is 0.991. The summed E-state index contributed by atoms with van der Waals surface area (Å²) in [5.41, 5.74) is 0. The van der Waals surface area contributed by atoms with E-state index in [1.165, 1.54) is 0 Å². The molecule has 0 amide bonds. The Morgan fingerprint density at radius 1 is 1.75 bits per heavy atom. The van der Waals surface area contributed by atoms with Crippen LogP contribution in [0.3, 0.4) is 0 Å². The van der Waals surface area contributed by atoms with E-state index in [0.29, 0.717) is 6.42 Å². The third-order valence-electron chi connectivity index (χ3n) is 0.540. The second kappa shape index (κ2) is 7.95. The van der Waals surface area contributed by atoms with Crippen molar-refractivity contribution < 1.29 is 8.62 Å². The molecule has 0 aromatic heterocycles. The van der Waals surface area contributed by atoms with Gasteiger partial charge in [-0.25, -0.2) is 0 Å². The van der Waals surface area contributed by atoms with Crippen molar-refractivity contribution in [3.63, 3.8) is 0 Å². The summed E-state index contributed by atoms with van der Waals surface area (Å²) in [5, 5.41) is 0. The Bertz CT molecular complexity index is 67.1. The zero-order chi connectivity index (χ0) is 5.70. The van der Waals surface area contributed by atoms with Crippen LogP contribution in [0.1, 0.15) is 19.8 Å². The maximum absolute atomic E-state index is 10.1.